The molecule has 19 heavy (non-hydrogen) atoms. The minimum atomic E-state index is -0.652. The van der Waals surface area contributed by atoms with Crippen molar-refractivity contribution in [2.24, 2.45) is 5.73 Å². The zero-order chi connectivity index (χ0) is 14.0. The largest absolute Gasteiger partial charge is 0.339 e. The molecule has 1 unspecified atom stereocenters. The lowest BCUT2D eigenvalue weighted by Gasteiger charge is -2.16. The Bertz CT molecular complexity index is 563. The highest BCUT2D eigenvalue weighted by atomic mass is 35.5. The molecule has 4 nitrogen and oxygen atoms in total. The number of aromatic nitrogens is 2. The Morgan fingerprint density at radius 3 is 2.84 bits per heavy atom. The van der Waals surface area contributed by atoms with Gasteiger partial charge in [-0.3, -0.25) is 0 Å². The lowest BCUT2D eigenvalue weighted by atomic mass is 10.00. The second-order valence-corrected chi connectivity index (χ2v) is 5.07. The van der Waals surface area contributed by atoms with Gasteiger partial charge >= 0.3 is 0 Å². The monoisotopic (exact) mass is 283 g/mol. The molecule has 0 aliphatic heterocycles. The molecule has 0 aliphatic rings. The van der Waals surface area contributed by atoms with E-state index >= 15 is 0 Å². The van der Waals surface area contributed by atoms with E-state index in [1.807, 2.05) is 13.8 Å². The van der Waals surface area contributed by atoms with Crippen molar-refractivity contribution in [1.82, 2.24) is 10.1 Å². The maximum Gasteiger partial charge on any atom is 0.231 e. The van der Waals surface area contributed by atoms with Crippen LogP contribution in [0.2, 0.25) is 5.02 Å². The number of halogens is 2. The fourth-order valence-corrected chi connectivity index (χ4v) is 1.80. The average molecular weight is 284 g/mol. The second-order valence-electron chi connectivity index (χ2n) is 4.66. The number of hydrogen-bond donors (Lipinski definition) is 1. The third-order valence-electron chi connectivity index (χ3n) is 3.10. The van der Waals surface area contributed by atoms with Gasteiger partial charge in [0.25, 0.3) is 0 Å². The van der Waals surface area contributed by atoms with E-state index in [1.54, 1.807) is 12.1 Å². The Kier molecular flexibility index (Phi) is 3.87. The predicted molar refractivity (Wildman–Crippen MR) is 70.3 cm³/mol. The van der Waals surface area contributed by atoms with Gasteiger partial charge in [0.05, 0.1) is 12.0 Å². The van der Waals surface area contributed by atoms with Crippen molar-refractivity contribution in [2.75, 3.05) is 0 Å². The predicted octanol–water partition coefficient (Wildman–Crippen LogP) is 3.04. The maximum atomic E-state index is 13.6. The molecule has 0 amide bonds. The molecule has 6 heteroatoms. The first-order valence-corrected chi connectivity index (χ1v) is 6.36. The third kappa shape index (κ3) is 2.93. The fourth-order valence-electron chi connectivity index (χ4n) is 1.57. The molecular formula is C13H15ClFN3O. The van der Waals surface area contributed by atoms with Crippen LogP contribution in [0.15, 0.2) is 22.7 Å². The van der Waals surface area contributed by atoms with Crippen LogP contribution in [0, 0.1) is 5.82 Å². The summed E-state index contributed by atoms with van der Waals surface area (Å²) in [6.45, 7) is 3.75. The molecule has 1 atom stereocenters. The smallest absolute Gasteiger partial charge is 0.231 e. The molecule has 1 heterocycles. The fraction of sp³-hybridized carbons (Fsp3) is 0.385. The van der Waals surface area contributed by atoms with Crippen LogP contribution >= 0.6 is 11.6 Å². The molecule has 0 bridgehead atoms. The van der Waals surface area contributed by atoms with Crippen LogP contribution in [-0.2, 0) is 12.0 Å². The average Bonchev–Trinajstić information content (AvgIpc) is 2.83. The van der Waals surface area contributed by atoms with Crippen molar-refractivity contribution >= 4 is 11.6 Å². The van der Waals surface area contributed by atoms with Crippen molar-refractivity contribution in [3.63, 3.8) is 0 Å². The van der Waals surface area contributed by atoms with Crippen LogP contribution in [-0.4, -0.2) is 10.1 Å². The minimum absolute atomic E-state index is 0.151. The Hall–Kier alpha value is -1.46. The third-order valence-corrected chi connectivity index (χ3v) is 3.46. The molecule has 0 saturated carbocycles. The highest BCUT2D eigenvalue weighted by Gasteiger charge is 2.25. The molecular weight excluding hydrogens is 269 g/mol. The van der Waals surface area contributed by atoms with E-state index in [0.717, 1.165) is 0 Å². The first-order valence-electron chi connectivity index (χ1n) is 5.99. The Balaban J connectivity index is 2.26. The Labute approximate surface area is 115 Å². The van der Waals surface area contributed by atoms with E-state index in [1.165, 1.54) is 6.07 Å². The van der Waals surface area contributed by atoms with Gasteiger partial charge in [0, 0.05) is 10.6 Å². The summed E-state index contributed by atoms with van der Waals surface area (Å²) in [5, 5.41) is 4.18. The molecule has 0 radical (unpaired) electrons. The Morgan fingerprint density at radius 1 is 1.47 bits per heavy atom. The van der Waals surface area contributed by atoms with Crippen LogP contribution in [0.5, 0.6) is 0 Å². The SMILES string of the molecule is CCC(C)(N)c1noc(Cc2c(F)cccc2Cl)n1. The Morgan fingerprint density at radius 2 is 2.21 bits per heavy atom. The second kappa shape index (κ2) is 5.27. The lowest BCUT2D eigenvalue weighted by Crippen LogP contribution is -2.33. The van der Waals surface area contributed by atoms with Crippen molar-refractivity contribution in [1.29, 1.82) is 0 Å². The van der Waals surface area contributed by atoms with E-state index < -0.39 is 11.4 Å². The van der Waals surface area contributed by atoms with Gasteiger partial charge in [-0.1, -0.05) is 29.7 Å². The van der Waals surface area contributed by atoms with E-state index in [2.05, 4.69) is 10.1 Å². The number of nitrogens with zero attached hydrogens (tertiary/aromatic N) is 2. The molecule has 1 aromatic carbocycles. The van der Waals surface area contributed by atoms with Gasteiger partial charge in [0.15, 0.2) is 5.82 Å². The first-order chi connectivity index (χ1) is 8.94. The van der Waals surface area contributed by atoms with Crippen molar-refractivity contribution < 1.29 is 8.91 Å². The van der Waals surface area contributed by atoms with Gasteiger partial charge in [-0.2, -0.15) is 4.98 Å². The summed E-state index contributed by atoms with van der Waals surface area (Å²) < 4.78 is 18.7. The van der Waals surface area contributed by atoms with E-state index in [-0.39, 0.29) is 6.42 Å². The van der Waals surface area contributed by atoms with Crippen LogP contribution < -0.4 is 5.73 Å². The summed E-state index contributed by atoms with van der Waals surface area (Å²) in [4.78, 5) is 4.20. The van der Waals surface area contributed by atoms with Gasteiger partial charge in [-0.05, 0) is 25.5 Å². The van der Waals surface area contributed by atoms with Gasteiger partial charge in [0.1, 0.15) is 5.82 Å². The standard InChI is InChI=1S/C13H15ClFN3O/c1-3-13(2,16)12-17-11(19-18-12)7-8-9(14)5-4-6-10(8)15/h4-6H,3,7,16H2,1-2H3. The highest BCUT2D eigenvalue weighted by Crippen LogP contribution is 2.23. The zero-order valence-corrected chi connectivity index (χ0v) is 11.5. The summed E-state index contributed by atoms with van der Waals surface area (Å²) in [6.07, 6.45) is 0.824. The minimum Gasteiger partial charge on any atom is -0.339 e. The molecule has 1 aromatic heterocycles. The maximum absolute atomic E-state index is 13.6. The van der Waals surface area contributed by atoms with Gasteiger partial charge in [0.2, 0.25) is 5.89 Å². The quantitative estimate of drug-likeness (QED) is 0.937. The summed E-state index contributed by atoms with van der Waals surface area (Å²) in [5.41, 5.74) is 5.71. The molecule has 0 fully saturated rings. The van der Waals surface area contributed by atoms with Gasteiger partial charge in [-0.15, -0.1) is 0 Å². The van der Waals surface area contributed by atoms with E-state index in [4.69, 9.17) is 21.9 Å². The molecule has 0 spiro atoms. The number of rotatable bonds is 4. The van der Waals surface area contributed by atoms with Crippen LogP contribution in [0.1, 0.15) is 37.5 Å². The molecule has 2 aromatic rings. The molecule has 102 valence electrons. The van der Waals surface area contributed by atoms with Gasteiger partial charge < -0.3 is 10.3 Å². The van der Waals surface area contributed by atoms with Crippen molar-refractivity contribution in [3.05, 3.63) is 46.3 Å². The molecule has 0 aliphatic carbocycles. The molecule has 2 rings (SSSR count). The van der Waals surface area contributed by atoms with Crippen LogP contribution in [0.25, 0.3) is 0 Å². The number of nitrogens with two attached hydrogens (primary N) is 1. The lowest BCUT2D eigenvalue weighted by molar-refractivity contribution is 0.355. The summed E-state index contributed by atoms with van der Waals surface area (Å²) in [6, 6.07) is 4.52. The van der Waals surface area contributed by atoms with Crippen LogP contribution in [0.4, 0.5) is 4.39 Å². The first kappa shape index (κ1) is 14.0. The summed E-state index contributed by atoms with van der Waals surface area (Å²) >= 11 is 5.95. The normalized spacial score (nSPS) is 14.4. The van der Waals surface area contributed by atoms with Gasteiger partial charge in [-0.25, -0.2) is 4.39 Å². The van der Waals surface area contributed by atoms with Crippen LogP contribution in [0.3, 0.4) is 0 Å². The van der Waals surface area contributed by atoms with Crippen molar-refractivity contribution in [3.8, 4) is 0 Å². The highest BCUT2D eigenvalue weighted by molar-refractivity contribution is 6.31. The number of benzene rings is 1. The zero-order valence-electron chi connectivity index (χ0n) is 10.8. The summed E-state index contributed by atoms with van der Waals surface area (Å²) in [7, 11) is 0. The summed E-state index contributed by atoms with van der Waals surface area (Å²) in [5.74, 6) is 0.322. The van der Waals surface area contributed by atoms with E-state index in [9.17, 15) is 4.39 Å². The molecule has 2 N–H and O–H groups in total. The number of hydrogen-bond acceptors (Lipinski definition) is 4. The van der Waals surface area contributed by atoms with Crippen molar-refractivity contribution in [2.45, 2.75) is 32.2 Å². The topological polar surface area (TPSA) is 64.9 Å². The van der Waals surface area contributed by atoms with E-state index in [0.29, 0.717) is 28.7 Å². The molecule has 0 saturated heterocycles.